The third kappa shape index (κ3) is 5.57. The Morgan fingerprint density at radius 1 is 1.07 bits per heavy atom. The molecule has 0 spiro atoms. The first kappa shape index (κ1) is 27.4. The number of carbonyl (C=O) groups is 1. The van der Waals surface area contributed by atoms with Gasteiger partial charge in [0.15, 0.2) is 0 Å². The van der Waals surface area contributed by atoms with Gasteiger partial charge < -0.3 is 25.2 Å². The normalized spacial score (nSPS) is 19.1. The van der Waals surface area contributed by atoms with E-state index in [0.717, 1.165) is 78.8 Å². The maximum absolute atomic E-state index is 12.6. The predicted octanol–water partition coefficient (Wildman–Crippen LogP) is 4.45. The number of likely N-dealkylation sites (tertiary alicyclic amines) is 1. The van der Waals surface area contributed by atoms with Crippen LogP contribution in [0.25, 0.3) is 11.3 Å². The Hall–Kier alpha value is -3.79. The van der Waals surface area contributed by atoms with E-state index < -0.39 is 5.41 Å². The van der Waals surface area contributed by atoms with Crippen LogP contribution in [0.5, 0.6) is 5.75 Å². The number of rotatable bonds is 8. The van der Waals surface area contributed by atoms with Crippen molar-refractivity contribution in [3.05, 3.63) is 48.2 Å². The smallest absolute Gasteiger partial charge is 0.235 e. The van der Waals surface area contributed by atoms with E-state index in [9.17, 15) is 4.79 Å². The average molecular weight is 557 g/mol. The maximum Gasteiger partial charge on any atom is 0.235 e. The first-order valence-electron chi connectivity index (χ1n) is 14.8. The van der Waals surface area contributed by atoms with Crippen molar-refractivity contribution in [3.8, 4) is 17.0 Å². The molecule has 6 heterocycles. The summed E-state index contributed by atoms with van der Waals surface area (Å²) in [6, 6.07) is 6.24. The molecule has 1 amide bonds. The third-order valence-corrected chi connectivity index (χ3v) is 8.79. The Balaban J connectivity index is 1.23. The lowest BCUT2D eigenvalue weighted by molar-refractivity contribution is -0.119. The zero-order valence-corrected chi connectivity index (χ0v) is 24.3. The van der Waals surface area contributed by atoms with Gasteiger partial charge in [0.2, 0.25) is 5.91 Å². The van der Waals surface area contributed by atoms with Gasteiger partial charge in [-0.3, -0.25) is 14.8 Å². The highest BCUT2D eigenvalue weighted by Crippen LogP contribution is 2.43. The molecule has 0 radical (unpaired) electrons. The number of carbonyl (C=O) groups excluding carboxylic acids is 1. The van der Waals surface area contributed by atoms with Gasteiger partial charge in [-0.1, -0.05) is 6.42 Å². The lowest BCUT2D eigenvalue weighted by atomic mass is 9.86. The van der Waals surface area contributed by atoms with Gasteiger partial charge in [0.05, 0.1) is 41.4 Å². The Labute approximate surface area is 242 Å². The van der Waals surface area contributed by atoms with Crippen LogP contribution in [-0.4, -0.2) is 77.1 Å². The van der Waals surface area contributed by atoms with E-state index in [-0.39, 0.29) is 5.91 Å². The monoisotopic (exact) mass is 556 g/mol. The zero-order chi connectivity index (χ0) is 28.4. The molecule has 3 aromatic rings. The first-order chi connectivity index (χ1) is 19.9. The molecule has 0 atom stereocenters. The molecular weight excluding hydrogens is 516 g/mol. The summed E-state index contributed by atoms with van der Waals surface area (Å²) in [6.07, 6.45) is 10.9. The quantitative estimate of drug-likeness (QED) is 0.416. The molecule has 3 aromatic heterocycles. The van der Waals surface area contributed by atoms with Crippen molar-refractivity contribution >= 4 is 23.2 Å². The molecule has 0 aliphatic carbocycles. The van der Waals surface area contributed by atoms with Crippen molar-refractivity contribution in [2.75, 3.05) is 61.9 Å². The summed E-state index contributed by atoms with van der Waals surface area (Å²) >= 11 is 0. The van der Waals surface area contributed by atoms with Crippen molar-refractivity contribution in [2.45, 2.75) is 57.3 Å². The Morgan fingerprint density at radius 3 is 2.66 bits per heavy atom. The fraction of sp³-hybridized carbons (Fsp3) is 0.516. The van der Waals surface area contributed by atoms with Crippen molar-refractivity contribution in [1.29, 1.82) is 0 Å². The number of nitrogens with zero attached hydrogens (tertiary/aromatic N) is 6. The van der Waals surface area contributed by atoms with E-state index in [1.54, 1.807) is 19.6 Å². The molecule has 0 aromatic carbocycles. The summed E-state index contributed by atoms with van der Waals surface area (Å²) in [5.74, 6) is 2.48. The van der Waals surface area contributed by atoms with Crippen LogP contribution in [0.1, 0.15) is 63.1 Å². The molecular formula is C31H40N8O2. The van der Waals surface area contributed by atoms with Crippen LogP contribution in [0.2, 0.25) is 0 Å². The zero-order valence-electron chi connectivity index (χ0n) is 24.3. The van der Waals surface area contributed by atoms with Crippen molar-refractivity contribution in [3.63, 3.8) is 0 Å². The Morgan fingerprint density at radius 2 is 1.88 bits per heavy atom. The molecule has 216 valence electrons. The van der Waals surface area contributed by atoms with Gasteiger partial charge in [-0.2, -0.15) is 0 Å². The minimum Gasteiger partial charge on any atom is -0.495 e. The number of methoxy groups -OCH3 is 1. The van der Waals surface area contributed by atoms with E-state index in [1.165, 1.54) is 32.4 Å². The van der Waals surface area contributed by atoms with Crippen LogP contribution in [0.4, 0.5) is 17.3 Å². The number of ether oxygens (including phenoxy) is 1. The number of piperidine rings is 2. The molecule has 0 unspecified atom stereocenters. The Kier molecular flexibility index (Phi) is 7.75. The molecule has 41 heavy (non-hydrogen) atoms. The van der Waals surface area contributed by atoms with Gasteiger partial charge in [0.25, 0.3) is 0 Å². The van der Waals surface area contributed by atoms with Gasteiger partial charge in [0.1, 0.15) is 23.7 Å². The van der Waals surface area contributed by atoms with E-state index in [2.05, 4.69) is 47.5 Å². The van der Waals surface area contributed by atoms with E-state index >= 15 is 0 Å². The highest BCUT2D eigenvalue weighted by Gasteiger charge is 2.43. The SMILES string of the molecule is COc1cncc(-c2ccc(NCCN3CCCCC3)c(C3CCN(c4ncnc5c4C(C)(C)C(=O)N5)CC3)n2)c1. The molecule has 3 aliphatic heterocycles. The van der Waals surface area contributed by atoms with Crippen LogP contribution >= 0.6 is 0 Å². The summed E-state index contributed by atoms with van der Waals surface area (Å²) in [7, 11) is 1.66. The number of pyridine rings is 2. The predicted molar refractivity (Wildman–Crippen MR) is 161 cm³/mol. The van der Waals surface area contributed by atoms with Crippen molar-refractivity contribution < 1.29 is 9.53 Å². The second-order valence-corrected chi connectivity index (χ2v) is 11.8. The molecule has 10 heteroatoms. The largest absolute Gasteiger partial charge is 0.495 e. The maximum atomic E-state index is 12.6. The van der Waals surface area contributed by atoms with Gasteiger partial charge in [0, 0.05) is 43.9 Å². The van der Waals surface area contributed by atoms with Crippen LogP contribution < -0.4 is 20.3 Å². The number of fused-ring (bicyclic) bond motifs is 1. The van der Waals surface area contributed by atoms with E-state index in [4.69, 9.17) is 9.72 Å². The summed E-state index contributed by atoms with van der Waals surface area (Å²) < 4.78 is 5.42. The molecule has 2 N–H and O–H groups in total. The summed E-state index contributed by atoms with van der Waals surface area (Å²) in [6.45, 7) is 9.88. The number of nitrogens with one attached hydrogen (secondary N) is 2. The highest BCUT2D eigenvalue weighted by molar-refractivity contribution is 6.06. The standard InChI is InChI=1S/C31H40N8O2/c1-31(2)26-28(37-30(31)40)34-20-35-29(26)39-14-9-21(10-15-39)27-25(33-11-16-38-12-5-4-6-13-38)8-7-24(36-27)22-17-23(41-3)19-32-18-22/h7-8,17-21,33H,4-6,9-16H2,1-3H3,(H,34,35,37,40). The third-order valence-electron chi connectivity index (χ3n) is 8.79. The summed E-state index contributed by atoms with van der Waals surface area (Å²) in [5, 5.41) is 6.66. The fourth-order valence-corrected chi connectivity index (χ4v) is 6.33. The van der Waals surface area contributed by atoms with Crippen LogP contribution in [0.15, 0.2) is 36.9 Å². The fourth-order valence-electron chi connectivity index (χ4n) is 6.33. The molecule has 0 bridgehead atoms. The minimum atomic E-state index is -0.658. The molecule has 0 saturated carbocycles. The highest BCUT2D eigenvalue weighted by atomic mass is 16.5. The second kappa shape index (κ2) is 11.6. The van der Waals surface area contributed by atoms with Gasteiger partial charge >= 0.3 is 0 Å². The summed E-state index contributed by atoms with van der Waals surface area (Å²) in [5.41, 5.74) is 4.30. The Bertz CT molecular complexity index is 1400. The molecule has 2 saturated heterocycles. The van der Waals surface area contributed by atoms with Gasteiger partial charge in [-0.15, -0.1) is 0 Å². The molecule has 6 rings (SSSR count). The van der Waals surface area contributed by atoms with Crippen molar-refractivity contribution in [1.82, 2.24) is 24.8 Å². The van der Waals surface area contributed by atoms with Crippen molar-refractivity contribution in [2.24, 2.45) is 0 Å². The average Bonchev–Trinajstić information content (AvgIpc) is 3.25. The van der Waals surface area contributed by atoms with Crippen LogP contribution in [0, 0.1) is 0 Å². The lowest BCUT2D eigenvalue weighted by Crippen LogP contribution is -2.36. The first-order valence-corrected chi connectivity index (χ1v) is 14.8. The topological polar surface area (TPSA) is 108 Å². The van der Waals surface area contributed by atoms with Gasteiger partial charge in [-0.05, 0) is 70.8 Å². The lowest BCUT2D eigenvalue weighted by Gasteiger charge is -2.35. The van der Waals surface area contributed by atoms with Crippen LogP contribution in [0.3, 0.4) is 0 Å². The number of hydrogen-bond donors (Lipinski definition) is 2. The number of anilines is 3. The van der Waals surface area contributed by atoms with E-state index in [0.29, 0.717) is 11.7 Å². The molecule has 10 nitrogen and oxygen atoms in total. The van der Waals surface area contributed by atoms with E-state index in [1.807, 2.05) is 26.1 Å². The minimum absolute atomic E-state index is 0.0301. The number of amides is 1. The summed E-state index contributed by atoms with van der Waals surface area (Å²) in [4.78, 5) is 36.0. The number of hydrogen-bond acceptors (Lipinski definition) is 9. The number of aromatic nitrogens is 4. The molecule has 3 aliphatic rings. The second-order valence-electron chi connectivity index (χ2n) is 11.8. The van der Waals surface area contributed by atoms with Crippen LogP contribution in [-0.2, 0) is 10.2 Å². The van der Waals surface area contributed by atoms with Gasteiger partial charge in [-0.25, -0.2) is 9.97 Å². The molecule has 2 fully saturated rings.